The first-order chi connectivity index (χ1) is 13.2. The molecule has 0 atom stereocenters. The van der Waals surface area contributed by atoms with E-state index in [4.69, 9.17) is 0 Å². The summed E-state index contributed by atoms with van der Waals surface area (Å²) in [7, 11) is 0. The third-order valence-electron chi connectivity index (χ3n) is 3.25. The molecule has 0 radical (unpaired) electrons. The van der Waals surface area contributed by atoms with Crippen LogP contribution in [0.2, 0.25) is 0 Å². The molecule has 0 aliphatic carbocycles. The first kappa shape index (κ1) is 19.5. The number of nitrogens with one attached hydrogen (secondary N) is 2. The zero-order valence-corrected chi connectivity index (χ0v) is 14.5. The van der Waals surface area contributed by atoms with Gasteiger partial charge in [-0.1, -0.05) is 0 Å². The molecule has 0 aliphatic heterocycles. The van der Waals surface area contributed by atoms with E-state index < -0.39 is 23.9 Å². The van der Waals surface area contributed by atoms with Crippen LogP contribution in [0.1, 0.15) is 10.5 Å². The van der Waals surface area contributed by atoms with Crippen molar-refractivity contribution in [1.29, 1.82) is 0 Å². The molecule has 2 aromatic carbocycles. The van der Waals surface area contributed by atoms with Gasteiger partial charge in [-0.3, -0.25) is 4.79 Å². The fraction of sp³-hybridized carbons (Fsp3) is 0.0588. The lowest BCUT2D eigenvalue weighted by Crippen LogP contribution is -2.16. The number of hydrogen-bond acceptors (Lipinski definition) is 5. The lowest BCUT2D eigenvalue weighted by atomic mass is 10.3. The minimum Gasteiger partial charge on any atom is -0.406 e. The zero-order chi connectivity index (χ0) is 20.3. The summed E-state index contributed by atoms with van der Waals surface area (Å²) in [4.78, 5) is 16.2. The lowest BCUT2D eigenvalue weighted by Gasteiger charge is -2.09. The van der Waals surface area contributed by atoms with E-state index in [1.807, 2.05) is 0 Å². The average molecular weight is 415 g/mol. The number of anilines is 3. The molecule has 146 valence electrons. The van der Waals surface area contributed by atoms with Gasteiger partial charge >= 0.3 is 6.36 Å². The number of rotatable bonds is 5. The molecule has 0 fully saturated rings. The number of carbonyl (C=O) groups excluding carboxylic acids is 1. The highest BCUT2D eigenvalue weighted by atomic mass is 32.1. The maximum atomic E-state index is 13.2. The van der Waals surface area contributed by atoms with Crippen LogP contribution in [0.5, 0.6) is 5.75 Å². The second kappa shape index (κ2) is 7.80. The fourth-order valence-corrected chi connectivity index (χ4v) is 2.78. The first-order valence-corrected chi connectivity index (χ1v) is 8.42. The number of ether oxygens (including phenoxy) is 1. The van der Waals surface area contributed by atoms with Crippen molar-refractivity contribution >= 4 is 33.8 Å². The van der Waals surface area contributed by atoms with Crippen LogP contribution in [-0.2, 0) is 0 Å². The normalized spacial score (nSPS) is 11.2. The predicted molar refractivity (Wildman–Crippen MR) is 92.8 cm³/mol. The number of carbonyl (C=O) groups is 1. The molecule has 0 spiro atoms. The Bertz CT molecular complexity index is 989. The van der Waals surface area contributed by atoms with E-state index in [-0.39, 0.29) is 17.1 Å². The van der Waals surface area contributed by atoms with Crippen molar-refractivity contribution in [1.82, 2.24) is 4.98 Å². The largest absolute Gasteiger partial charge is 0.573 e. The molecule has 28 heavy (non-hydrogen) atoms. The molecule has 1 amide bonds. The average Bonchev–Trinajstić information content (AvgIpc) is 3.07. The monoisotopic (exact) mass is 415 g/mol. The SMILES string of the molecule is O=C(Nc1ccc(F)c(F)c1)c1csc(Nc2ccc(OC(F)(F)F)cc2)n1. The Morgan fingerprint density at radius 3 is 2.32 bits per heavy atom. The van der Waals surface area contributed by atoms with Gasteiger partial charge in [-0.25, -0.2) is 13.8 Å². The van der Waals surface area contributed by atoms with Crippen molar-refractivity contribution in [3.05, 3.63) is 65.2 Å². The molecule has 0 saturated carbocycles. The molecule has 1 heterocycles. The van der Waals surface area contributed by atoms with E-state index in [0.717, 1.165) is 35.6 Å². The number of hydrogen-bond donors (Lipinski definition) is 2. The molecular weight excluding hydrogens is 405 g/mol. The molecule has 0 unspecified atom stereocenters. The van der Waals surface area contributed by atoms with Crippen molar-refractivity contribution < 1.29 is 31.5 Å². The number of alkyl halides is 3. The van der Waals surface area contributed by atoms with Gasteiger partial charge in [-0.15, -0.1) is 24.5 Å². The van der Waals surface area contributed by atoms with E-state index in [1.165, 1.54) is 23.6 Å². The van der Waals surface area contributed by atoms with Gasteiger partial charge < -0.3 is 15.4 Å². The Morgan fingerprint density at radius 1 is 1.00 bits per heavy atom. The Balaban J connectivity index is 1.63. The summed E-state index contributed by atoms with van der Waals surface area (Å²) >= 11 is 1.07. The molecule has 3 aromatic rings. The van der Waals surface area contributed by atoms with Crippen LogP contribution < -0.4 is 15.4 Å². The predicted octanol–water partition coefficient (Wildman–Crippen LogP) is 5.32. The molecular formula is C17H10F5N3O2S. The van der Waals surface area contributed by atoms with Crippen molar-refractivity contribution in [2.75, 3.05) is 10.6 Å². The summed E-state index contributed by atoms with van der Waals surface area (Å²) in [5, 5.41) is 6.95. The summed E-state index contributed by atoms with van der Waals surface area (Å²) in [6, 6.07) is 7.87. The first-order valence-electron chi connectivity index (χ1n) is 7.54. The number of aromatic nitrogens is 1. The molecule has 0 saturated heterocycles. The van der Waals surface area contributed by atoms with Crippen LogP contribution in [0, 0.1) is 11.6 Å². The third-order valence-corrected chi connectivity index (χ3v) is 4.01. The maximum absolute atomic E-state index is 13.2. The topological polar surface area (TPSA) is 63.2 Å². The zero-order valence-electron chi connectivity index (χ0n) is 13.7. The fourth-order valence-electron chi connectivity index (χ4n) is 2.07. The lowest BCUT2D eigenvalue weighted by molar-refractivity contribution is -0.274. The molecule has 3 rings (SSSR count). The van der Waals surface area contributed by atoms with Gasteiger partial charge in [0, 0.05) is 22.8 Å². The molecule has 5 nitrogen and oxygen atoms in total. The molecule has 11 heteroatoms. The molecule has 1 aromatic heterocycles. The van der Waals surface area contributed by atoms with E-state index in [0.29, 0.717) is 10.8 Å². The van der Waals surface area contributed by atoms with Crippen molar-refractivity contribution in [2.24, 2.45) is 0 Å². The van der Waals surface area contributed by atoms with Crippen LogP contribution >= 0.6 is 11.3 Å². The van der Waals surface area contributed by atoms with E-state index in [2.05, 4.69) is 20.4 Å². The highest BCUT2D eigenvalue weighted by Crippen LogP contribution is 2.26. The highest BCUT2D eigenvalue weighted by Gasteiger charge is 2.30. The van der Waals surface area contributed by atoms with Gasteiger partial charge in [0.15, 0.2) is 16.8 Å². The van der Waals surface area contributed by atoms with Crippen molar-refractivity contribution in [3.63, 3.8) is 0 Å². The van der Waals surface area contributed by atoms with Crippen molar-refractivity contribution in [3.8, 4) is 5.75 Å². The number of thiazole rings is 1. The summed E-state index contributed by atoms with van der Waals surface area (Å²) in [6.45, 7) is 0. The Labute approximate surface area is 158 Å². The Hall–Kier alpha value is -3.21. The smallest absolute Gasteiger partial charge is 0.406 e. The van der Waals surface area contributed by atoms with Crippen molar-refractivity contribution in [2.45, 2.75) is 6.36 Å². The summed E-state index contributed by atoms with van der Waals surface area (Å²) in [5.41, 5.74) is 0.511. The summed E-state index contributed by atoms with van der Waals surface area (Å²) in [5.74, 6) is -3.14. The van der Waals surface area contributed by atoms with Crippen LogP contribution in [0.25, 0.3) is 0 Å². The van der Waals surface area contributed by atoms with Crippen LogP contribution in [0.15, 0.2) is 47.8 Å². The number of halogens is 5. The molecule has 2 N–H and O–H groups in total. The Morgan fingerprint density at radius 2 is 1.68 bits per heavy atom. The quantitative estimate of drug-likeness (QED) is 0.554. The number of nitrogens with zero attached hydrogens (tertiary/aromatic N) is 1. The summed E-state index contributed by atoms with van der Waals surface area (Å²) in [6.07, 6.45) is -4.78. The van der Waals surface area contributed by atoms with E-state index in [9.17, 15) is 26.7 Å². The molecule has 0 aliphatic rings. The van der Waals surface area contributed by atoms with Gasteiger partial charge in [0.2, 0.25) is 0 Å². The second-order valence-electron chi connectivity index (χ2n) is 5.32. The standard InChI is InChI=1S/C17H10F5N3O2S/c18-12-6-3-10(7-13(12)19)23-15(26)14-8-28-16(25-14)24-9-1-4-11(5-2-9)27-17(20,21)22/h1-8H,(H,23,26)(H,24,25). The molecule has 0 bridgehead atoms. The van der Waals surface area contributed by atoms with Crippen LogP contribution in [0.3, 0.4) is 0 Å². The van der Waals surface area contributed by atoms with Gasteiger partial charge in [0.05, 0.1) is 0 Å². The van der Waals surface area contributed by atoms with Gasteiger partial charge in [-0.2, -0.15) is 0 Å². The van der Waals surface area contributed by atoms with Gasteiger partial charge in [0.25, 0.3) is 5.91 Å². The van der Waals surface area contributed by atoms with Gasteiger partial charge in [-0.05, 0) is 36.4 Å². The third kappa shape index (κ3) is 5.16. The maximum Gasteiger partial charge on any atom is 0.573 e. The number of benzene rings is 2. The Kier molecular flexibility index (Phi) is 5.45. The minimum absolute atomic E-state index is 0.0225. The minimum atomic E-state index is -4.78. The van der Waals surface area contributed by atoms with Gasteiger partial charge in [0.1, 0.15) is 11.4 Å². The van der Waals surface area contributed by atoms with Crippen LogP contribution in [0.4, 0.5) is 38.5 Å². The second-order valence-corrected chi connectivity index (χ2v) is 6.18. The highest BCUT2D eigenvalue weighted by molar-refractivity contribution is 7.14. The number of amides is 1. The van der Waals surface area contributed by atoms with E-state index in [1.54, 1.807) is 0 Å². The summed E-state index contributed by atoms with van der Waals surface area (Å²) < 4.78 is 66.3. The van der Waals surface area contributed by atoms with E-state index >= 15 is 0 Å². The van der Waals surface area contributed by atoms with Crippen LogP contribution in [-0.4, -0.2) is 17.3 Å².